The van der Waals surface area contributed by atoms with Crippen LogP contribution in [-0.2, 0) is 0 Å². The van der Waals surface area contributed by atoms with Gasteiger partial charge in [-0.25, -0.2) is 4.98 Å². The van der Waals surface area contributed by atoms with Gasteiger partial charge in [-0.3, -0.25) is 14.4 Å². The third-order valence-electron chi connectivity index (χ3n) is 4.03. The fourth-order valence-corrected chi connectivity index (χ4v) is 2.72. The fourth-order valence-electron chi connectivity index (χ4n) is 2.72. The first-order valence-corrected chi connectivity index (χ1v) is 7.73. The number of hydrogen-bond donors (Lipinski definition) is 0. The van der Waals surface area contributed by atoms with E-state index >= 15 is 0 Å². The van der Waals surface area contributed by atoms with Gasteiger partial charge in [-0.2, -0.15) is 0 Å². The number of aromatic nitrogens is 4. The van der Waals surface area contributed by atoms with E-state index in [1.807, 2.05) is 38.6 Å². The Balaban J connectivity index is 1.86. The number of pyridine rings is 1. The van der Waals surface area contributed by atoms with Gasteiger partial charge in [0.15, 0.2) is 5.65 Å². The summed E-state index contributed by atoms with van der Waals surface area (Å²) >= 11 is 0. The zero-order chi connectivity index (χ0) is 16.5. The van der Waals surface area contributed by atoms with Crippen LogP contribution in [0.3, 0.4) is 0 Å². The molecule has 0 bridgehead atoms. The number of nitrogens with zero attached hydrogens (tertiary/aromatic N) is 5. The van der Waals surface area contributed by atoms with Crippen LogP contribution in [0.4, 0.5) is 5.69 Å². The second kappa shape index (κ2) is 5.77. The lowest BCUT2D eigenvalue weighted by Gasteiger charge is -2.13. The molecule has 118 valence electrons. The van der Waals surface area contributed by atoms with E-state index in [4.69, 9.17) is 0 Å². The monoisotopic (exact) mass is 315 g/mol. The van der Waals surface area contributed by atoms with Gasteiger partial charge < -0.3 is 4.90 Å². The van der Waals surface area contributed by atoms with Gasteiger partial charge in [0.05, 0.1) is 23.8 Å². The Bertz CT molecular complexity index is 989. The van der Waals surface area contributed by atoms with E-state index in [1.165, 1.54) is 0 Å². The first-order valence-electron chi connectivity index (χ1n) is 7.73. The lowest BCUT2D eigenvalue weighted by atomic mass is 10.1. The topological polar surface area (TPSA) is 46.3 Å². The van der Waals surface area contributed by atoms with E-state index in [2.05, 4.69) is 48.5 Å². The van der Waals surface area contributed by atoms with Gasteiger partial charge in [0.2, 0.25) is 0 Å². The van der Waals surface area contributed by atoms with Crippen molar-refractivity contribution >= 4 is 11.3 Å². The molecule has 0 atom stereocenters. The van der Waals surface area contributed by atoms with E-state index in [0.717, 1.165) is 33.8 Å². The minimum Gasteiger partial charge on any atom is -0.378 e. The first kappa shape index (κ1) is 14.4. The summed E-state index contributed by atoms with van der Waals surface area (Å²) in [7, 11) is 4.08. The SMILES string of the molecule is CN(C)c1cccc(-c2cnc3cnc(-c4ccncc4)cn23)c1. The molecule has 4 rings (SSSR count). The second-order valence-electron chi connectivity index (χ2n) is 5.82. The summed E-state index contributed by atoms with van der Waals surface area (Å²) in [5.41, 5.74) is 6.09. The molecule has 5 nitrogen and oxygen atoms in total. The molecule has 0 aliphatic carbocycles. The average molecular weight is 315 g/mol. The van der Waals surface area contributed by atoms with Crippen LogP contribution >= 0.6 is 0 Å². The van der Waals surface area contributed by atoms with E-state index in [9.17, 15) is 0 Å². The van der Waals surface area contributed by atoms with Crippen molar-refractivity contribution in [3.63, 3.8) is 0 Å². The summed E-state index contributed by atoms with van der Waals surface area (Å²) in [6, 6.07) is 12.3. The van der Waals surface area contributed by atoms with Gasteiger partial charge in [-0.05, 0) is 24.3 Å². The van der Waals surface area contributed by atoms with Crippen LogP contribution < -0.4 is 4.90 Å². The maximum atomic E-state index is 4.51. The second-order valence-corrected chi connectivity index (χ2v) is 5.82. The molecule has 0 amide bonds. The highest BCUT2D eigenvalue weighted by Crippen LogP contribution is 2.26. The maximum Gasteiger partial charge on any atom is 0.155 e. The molecule has 0 N–H and O–H groups in total. The van der Waals surface area contributed by atoms with Crippen molar-refractivity contribution < 1.29 is 0 Å². The largest absolute Gasteiger partial charge is 0.378 e. The van der Waals surface area contributed by atoms with E-state index in [-0.39, 0.29) is 0 Å². The molecule has 1 aromatic carbocycles. The Morgan fingerprint density at radius 2 is 1.75 bits per heavy atom. The molecule has 24 heavy (non-hydrogen) atoms. The maximum absolute atomic E-state index is 4.51. The van der Waals surface area contributed by atoms with Gasteiger partial charge in [-0.15, -0.1) is 0 Å². The summed E-state index contributed by atoms with van der Waals surface area (Å²) in [6.07, 6.45) is 9.26. The van der Waals surface area contributed by atoms with Crippen LogP contribution in [0.5, 0.6) is 0 Å². The predicted octanol–water partition coefficient (Wildman–Crippen LogP) is 3.52. The Morgan fingerprint density at radius 3 is 2.54 bits per heavy atom. The fraction of sp³-hybridized carbons (Fsp3) is 0.105. The molecule has 5 heteroatoms. The number of fused-ring (bicyclic) bond motifs is 1. The average Bonchev–Trinajstić information content (AvgIpc) is 3.05. The minimum absolute atomic E-state index is 0.832. The highest BCUT2D eigenvalue weighted by Gasteiger charge is 2.09. The predicted molar refractivity (Wildman–Crippen MR) is 96.0 cm³/mol. The van der Waals surface area contributed by atoms with Gasteiger partial charge in [0.25, 0.3) is 0 Å². The molecule has 0 aliphatic heterocycles. The number of imidazole rings is 1. The van der Waals surface area contributed by atoms with E-state index < -0.39 is 0 Å². The lowest BCUT2D eigenvalue weighted by molar-refractivity contribution is 1.12. The van der Waals surface area contributed by atoms with E-state index in [0.29, 0.717) is 0 Å². The summed E-state index contributed by atoms with van der Waals surface area (Å²) in [5, 5.41) is 0. The highest BCUT2D eigenvalue weighted by molar-refractivity contribution is 5.69. The third kappa shape index (κ3) is 2.50. The quantitative estimate of drug-likeness (QED) is 0.580. The smallest absolute Gasteiger partial charge is 0.155 e. The minimum atomic E-state index is 0.832. The number of anilines is 1. The first-order chi connectivity index (χ1) is 11.7. The van der Waals surface area contributed by atoms with Crippen molar-refractivity contribution in [2.24, 2.45) is 0 Å². The Hall–Kier alpha value is -3.21. The van der Waals surface area contributed by atoms with Gasteiger partial charge >= 0.3 is 0 Å². The van der Waals surface area contributed by atoms with Crippen molar-refractivity contribution in [1.82, 2.24) is 19.4 Å². The molecule has 4 aromatic rings. The molecule has 3 aromatic heterocycles. The third-order valence-corrected chi connectivity index (χ3v) is 4.03. The molecule has 3 heterocycles. The highest BCUT2D eigenvalue weighted by atomic mass is 15.1. The van der Waals surface area contributed by atoms with Crippen molar-refractivity contribution in [3.05, 3.63) is 67.4 Å². The standard InChI is InChI=1S/C19H17N5/c1-23(2)16-5-3-4-15(10-16)18-11-22-19-12-21-17(13-24(18)19)14-6-8-20-9-7-14/h3-13H,1-2H3. The molecular formula is C19H17N5. The normalized spacial score (nSPS) is 10.9. The zero-order valence-electron chi connectivity index (χ0n) is 13.6. The molecular weight excluding hydrogens is 298 g/mol. The van der Waals surface area contributed by atoms with Crippen LogP contribution in [-0.4, -0.2) is 33.4 Å². The molecule has 0 unspecified atom stereocenters. The van der Waals surface area contributed by atoms with Crippen LogP contribution in [0, 0.1) is 0 Å². The summed E-state index contributed by atoms with van der Waals surface area (Å²) < 4.78 is 2.08. The summed E-state index contributed by atoms with van der Waals surface area (Å²) in [4.78, 5) is 15.1. The molecule has 0 saturated heterocycles. The molecule has 0 aliphatic rings. The van der Waals surface area contributed by atoms with Crippen LogP contribution in [0.2, 0.25) is 0 Å². The zero-order valence-corrected chi connectivity index (χ0v) is 13.6. The van der Waals surface area contributed by atoms with E-state index in [1.54, 1.807) is 18.6 Å². The number of rotatable bonds is 3. The van der Waals surface area contributed by atoms with Crippen LogP contribution in [0.1, 0.15) is 0 Å². The van der Waals surface area contributed by atoms with Crippen LogP contribution in [0.15, 0.2) is 67.4 Å². The van der Waals surface area contributed by atoms with Crippen molar-refractivity contribution in [2.75, 3.05) is 19.0 Å². The number of hydrogen-bond acceptors (Lipinski definition) is 4. The Labute approximate surface area is 140 Å². The molecule has 0 spiro atoms. The molecule has 0 fully saturated rings. The van der Waals surface area contributed by atoms with Crippen molar-refractivity contribution in [1.29, 1.82) is 0 Å². The summed E-state index contributed by atoms with van der Waals surface area (Å²) in [6.45, 7) is 0. The summed E-state index contributed by atoms with van der Waals surface area (Å²) in [5.74, 6) is 0. The Morgan fingerprint density at radius 1 is 0.917 bits per heavy atom. The van der Waals surface area contributed by atoms with Crippen LogP contribution in [0.25, 0.3) is 28.2 Å². The molecule has 0 saturated carbocycles. The van der Waals surface area contributed by atoms with Crippen molar-refractivity contribution in [3.8, 4) is 22.5 Å². The van der Waals surface area contributed by atoms with Crippen molar-refractivity contribution in [2.45, 2.75) is 0 Å². The molecule has 0 radical (unpaired) electrons. The van der Waals surface area contributed by atoms with Gasteiger partial charge in [0.1, 0.15) is 0 Å². The van der Waals surface area contributed by atoms with Gasteiger partial charge in [0, 0.05) is 49.5 Å². The lowest BCUT2D eigenvalue weighted by Crippen LogP contribution is -2.08. The Kier molecular flexibility index (Phi) is 3.46. The number of benzene rings is 1. The van der Waals surface area contributed by atoms with Gasteiger partial charge in [-0.1, -0.05) is 12.1 Å².